The number of benzene rings is 1. The van der Waals surface area contributed by atoms with Crippen LogP contribution in [-0.4, -0.2) is 54.4 Å². The fourth-order valence-electron chi connectivity index (χ4n) is 4.82. The molecule has 1 aromatic heterocycles. The Labute approximate surface area is 185 Å². The molecule has 0 saturated carbocycles. The van der Waals surface area contributed by atoms with E-state index in [0.717, 1.165) is 56.2 Å². The first-order valence-electron chi connectivity index (χ1n) is 11.2. The molecule has 0 spiro atoms. The Balaban J connectivity index is 1.39. The zero-order valence-corrected chi connectivity index (χ0v) is 18.9. The maximum Gasteiger partial charge on any atom is 0.254 e. The van der Waals surface area contributed by atoms with E-state index in [4.69, 9.17) is 0 Å². The van der Waals surface area contributed by atoms with Gasteiger partial charge in [-0.2, -0.15) is 0 Å². The van der Waals surface area contributed by atoms with Gasteiger partial charge in [-0.3, -0.25) is 9.78 Å². The van der Waals surface area contributed by atoms with Crippen molar-refractivity contribution in [2.24, 2.45) is 5.92 Å². The lowest BCUT2D eigenvalue weighted by Gasteiger charge is -2.36. The molecule has 31 heavy (non-hydrogen) atoms. The minimum Gasteiger partial charge on any atom is -0.332 e. The first-order chi connectivity index (χ1) is 14.9. The summed E-state index contributed by atoms with van der Waals surface area (Å²) >= 11 is 0. The third kappa shape index (κ3) is 5.33. The van der Waals surface area contributed by atoms with Crippen molar-refractivity contribution in [1.82, 2.24) is 14.2 Å². The first kappa shape index (κ1) is 22.0. The van der Waals surface area contributed by atoms with E-state index in [-0.39, 0.29) is 11.9 Å². The topological polar surface area (TPSA) is 70.6 Å². The van der Waals surface area contributed by atoms with Crippen molar-refractivity contribution in [3.05, 3.63) is 65.5 Å². The van der Waals surface area contributed by atoms with E-state index in [0.29, 0.717) is 19.0 Å². The Morgan fingerprint density at radius 3 is 2.42 bits per heavy atom. The molecular formula is C24H31N3O3S. The van der Waals surface area contributed by atoms with Crippen LogP contribution in [0.4, 0.5) is 0 Å². The van der Waals surface area contributed by atoms with Crippen LogP contribution in [0.3, 0.4) is 0 Å². The lowest BCUT2D eigenvalue weighted by molar-refractivity contribution is 0.0611. The molecule has 1 aromatic carbocycles. The van der Waals surface area contributed by atoms with Crippen LogP contribution in [0, 0.1) is 5.92 Å². The van der Waals surface area contributed by atoms with Crippen LogP contribution in [0.25, 0.3) is 0 Å². The molecule has 6 nitrogen and oxygen atoms in total. The Bertz CT molecular complexity index is 984. The van der Waals surface area contributed by atoms with Gasteiger partial charge < -0.3 is 4.90 Å². The predicted molar refractivity (Wildman–Crippen MR) is 121 cm³/mol. The summed E-state index contributed by atoms with van der Waals surface area (Å²) in [6, 6.07) is 12.1. The van der Waals surface area contributed by atoms with E-state index >= 15 is 0 Å². The van der Waals surface area contributed by atoms with E-state index in [9.17, 15) is 13.2 Å². The van der Waals surface area contributed by atoms with E-state index in [1.165, 1.54) is 11.8 Å². The summed E-state index contributed by atoms with van der Waals surface area (Å²) < 4.78 is 24.9. The van der Waals surface area contributed by atoms with Gasteiger partial charge in [-0.15, -0.1) is 0 Å². The standard InChI is InChI=1S/C24H31N3O3S/c1-31(29,30)26-15-11-20(12-16-26)17-19-7-9-21(10-8-19)24(28)27-14-3-2-6-23(27)22-5-4-13-25-18-22/h4-5,7-10,13,18,20,23H,2-3,6,11-12,14-17H2,1H3. The molecule has 2 aromatic rings. The van der Waals surface area contributed by atoms with Crippen molar-refractivity contribution >= 4 is 15.9 Å². The maximum absolute atomic E-state index is 13.3. The van der Waals surface area contributed by atoms with Gasteiger partial charge in [0.25, 0.3) is 5.91 Å². The SMILES string of the molecule is CS(=O)(=O)N1CCC(Cc2ccc(C(=O)N3CCCCC3c3cccnc3)cc2)CC1. The van der Waals surface area contributed by atoms with Crippen molar-refractivity contribution in [2.75, 3.05) is 25.9 Å². The van der Waals surface area contributed by atoms with E-state index < -0.39 is 10.0 Å². The highest BCUT2D eigenvalue weighted by molar-refractivity contribution is 7.88. The molecule has 2 aliphatic heterocycles. The summed E-state index contributed by atoms with van der Waals surface area (Å²) in [5.41, 5.74) is 3.04. The highest BCUT2D eigenvalue weighted by Crippen LogP contribution is 2.32. The smallest absolute Gasteiger partial charge is 0.254 e. The number of hydrogen-bond donors (Lipinski definition) is 0. The van der Waals surface area contributed by atoms with Crippen LogP contribution < -0.4 is 0 Å². The van der Waals surface area contributed by atoms with Gasteiger partial charge in [0.15, 0.2) is 0 Å². The second kappa shape index (κ2) is 9.49. The van der Waals surface area contributed by atoms with E-state index in [2.05, 4.69) is 23.2 Å². The van der Waals surface area contributed by atoms with Crippen LogP contribution in [0.1, 0.15) is 59.6 Å². The van der Waals surface area contributed by atoms with E-state index in [1.54, 1.807) is 10.5 Å². The second-order valence-electron chi connectivity index (χ2n) is 8.80. The fourth-order valence-corrected chi connectivity index (χ4v) is 5.70. The molecular weight excluding hydrogens is 410 g/mol. The molecule has 3 heterocycles. The lowest BCUT2D eigenvalue weighted by atomic mass is 9.90. The molecule has 166 valence electrons. The van der Waals surface area contributed by atoms with Gasteiger partial charge in [0, 0.05) is 37.6 Å². The van der Waals surface area contributed by atoms with Gasteiger partial charge >= 0.3 is 0 Å². The first-order valence-corrected chi connectivity index (χ1v) is 13.0. The zero-order chi connectivity index (χ0) is 21.8. The largest absolute Gasteiger partial charge is 0.332 e. The minimum atomic E-state index is -3.09. The molecule has 2 fully saturated rings. The van der Waals surface area contributed by atoms with Gasteiger partial charge in [-0.05, 0) is 73.8 Å². The number of sulfonamides is 1. The number of likely N-dealkylation sites (tertiary alicyclic amines) is 1. The summed E-state index contributed by atoms with van der Waals surface area (Å²) in [4.78, 5) is 19.5. The zero-order valence-electron chi connectivity index (χ0n) is 18.1. The number of carbonyl (C=O) groups excluding carboxylic acids is 1. The monoisotopic (exact) mass is 441 g/mol. The fraction of sp³-hybridized carbons (Fsp3) is 0.500. The predicted octanol–water partition coefficient (Wildman–Crippen LogP) is 3.66. The summed E-state index contributed by atoms with van der Waals surface area (Å²) in [5.74, 6) is 0.568. The molecule has 0 radical (unpaired) electrons. The van der Waals surface area contributed by atoms with Gasteiger partial charge in [0.05, 0.1) is 12.3 Å². The van der Waals surface area contributed by atoms with E-state index in [1.807, 2.05) is 29.3 Å². The minimum absolute atomic E-state index is 0.0848. The van der Waals surface area contributed by atoms with Crippen LogP contribution in [0.5, 0.6) is 0 Å². The quantitative estimate of drug-likeness (QED) is 0.710. The summed E-state index contributed by atoms with van der Waals surface area (Å²) in [5, 5.41) is 0. The molecule has 1 unspecified atom stereocenters. The lowest BCUT2D eigenvalue weighted by Crippen LogP contribution is -2.38. The Morgan fingerprint density at radius 2 is 1.77 bits per heavy atom. The summed E-state index contributed by atoms with van der Waals surface area (Å²) in [6.45, 7) is 1.98. The Kier molecular flexibility index (Phi) is 6.72. The molecule has 2 saturated heterocycles. The van der Waals surface area contributed by atoms with Crippen molar-refractivity contribution in [2.45, 2.75) is 44.6 Å². The molecule has 4 rings (SSSR count). The van der Waals surface area contributed by atoms with Crippen molar-refractivity contribution in [1.29, 1.82) is 0 Å². The Morgan fingerprint density at radius 1 is 1.03 bits per heavy atom. The van der Waals surface area contributed by atoms with Gasteiger partial charge in [0.1, 0.15) is 0 Å². The third-order valence-electron chi connectivity index (χ3n) is 6.60. The second-order valence-corrected chi connectivity index (χ2v) is 10.8. The molecule has 2 aliphatic rings. The molecule has 7 heteroatoms. The number of amides is 1. The van der Waals surface area contributed by atoms with Gasteiger partial charge in [-0.25, -0.2) is 12.7 Å². The van der Waals surface area contributed by atoms with Gasteiger partial charge in [0.2, 0.25) is 10.0 Å². The third-order valence-corrected chi connectivity index (χ3v) is 7.90. The van der Waals surface area contributed by atoms with Crippen molar-refractivity contribution in [3.63, 3.8) is 0 Å². The number of carbonyl (C=O) groups is 1. The van der Waals surface area contributed by atoms with Crippen LogP contribution in [-0.2, 0) is 16.4 Å². The average molecular weight is 442 g/mol. The highest BCUT2D eigenvalue weighted by atomic mass is 32.2. The van der Waals surface area contributed by atoms with Crippen LogP contribution in [0.15, 0.2) is 48.8 Å². The molecule has 1 atom stereocenters. The number of piperidine rings is 2. The normalized spacial score (nSPS) is 21.2. The van der Waals surface area contributed by atoms with Crippen LogP contribution in [0.2, 0.25) is 0 Å². The number of aromatic nitrogens is 1. The average Bonchev–Trinajstić information content (AvgIpc) is 2.79. The molecule has 0 bridgehead atoms. The maximum atomic E-state index is 13.3. The van der Waals surface area contributed by atoms with Crippen molar-refractivity contribution in [3.8, 4) is 0 Å². The molecule has 0 aliphatic carbocycles. The van der Waals surface area contributed by atoms with Gasteiger partial charge in [-0.1, -0.05) is 18.2 Å². The number of hydrogen-bond acceptors (Lipinski definition) is 4. The summed E-state index contributed by atoms with van der Waals surface area (Å²) in [7, 11) is -3.09. The molecule has 1 amide bonds. The van der Waals surface area contributed by atoms with Crippen molar-refractivity contribution < 1.29 is 13.2 Å². The van der Waals surface area contributed by atoms with Crippen LogP contribution >= 0.6 is 0 Å². The number of rotatable bonds is 5. The Hall–Kier alpha value is -2.25. The molecule has 0 N–H and O–H groups in total. The summed E-state index contributed by atoms with van der Waals surface area (Å²) in [6.07, 6.45) is 10.7. The number of pyridine rings is 1. The number of nitrogens with zero attached hydrogens (tertiary/aromatic N) is 3. The highest BCUT2D eigenvalue weighted by Gasteiger charge is 2.29.